The Kier molecular flexibility index (Phi) is 6.77. The first-order valence-corrected chi connectivity index (χ1v) is 7.24. The molecule has 1 aromatic carbocycles. The zero-order valence-electron chi connectivity index (χ0n) is 12.9. The highest BCUT2D eigenvalue weighted by Crippen LogP contribution is 2.23. The molecule has 22 heavy (non-hydrogen) atoms. The summed E-state index contributed by atoms with van der Waals surface area (Å²) in [6.07, 6.45) is 2.91. The van der Waals surface area contributed by atoms with Gasteiger partial charge in [-0.1, -0.05) is 6.07 Å². The van der Waals surface area contributed by atoms with Crippen molar-refractivity contribution in [1.29, 1.82) is 0 Å². The number of amides is 1. The van der Waals surface area contributed by atoms with E-state index < -0.39 is 4.92 Å². The first-order valence-electron chi connectivity index (χ1n) is 7.24. The van der Waals surface area contributed by atoms with Crippen LogP contribution in [0.15, 0.2) is 18.2 Å². The van der Waals surface area contributed by atoms with Crippen LogP contribution in [0.3, 0.4) is 0 Å². The molecule has 122 valence electrons. The molecule has 0 aliphatic carbocycles. The van der Waals surface area contributed by atoms with Crippen LogP contribution in [-0.2, 0) is 0 Å². The zero-order chi connectivity index (χ0) is 15.4. The van der Waals surface area contributed by atoms with E-state index in [1.807, 2.05) is 0 Å². The molecule has 0 radical (unpaired) electrons. The number of carbonyl (C=O) groups is 1. The highest BCUT2D eigenvalue weighted by atomic mass is 35.5. The van der Waals surface area contributed by atoms with E-state index in [0.29, 0.717) is 11.1 Å². The number of nitro benzene ring substituents is 1. The molecule has 2 rings (SSSR count). The van der Waals surface area contributed by atoms with Crippen molar-refractivity contribution in [2.45, 2.75) is 32.2 Å². The van der Waals surface area contributed by atoms with E-state index in [-0.39, 0.29) is 30.0 Å². The summed E-state index contributed by atoms with van der Waals surface area (Å²) in [5.74, 6) is -0.136. The summed E-state index contributed by atoms with van der Waals surface area (Å²) in [5.41, 5.74) is 0.854. The Morgan fingerprint density at radius 1 is 1.36 bits per heavy atom. The van der Waals surface area contributed by atoms with Gasteiger partial charge in [0.15, 0.2) is 0 Å². The molecule has 7 heteroatoms. The Hall–Kier alpha value is -1.66. The van der Waals surface area contributed by atoms with Crippen LogP contribution >= 0.6 is 12.4 Å². The molecule has 1 fully saturated rings. The molecule has 1 saturated heterocycles. The molecule has 1 aromatic rings. The minimum absolute atomic E-state index is 0. The predicted octanol–water partition coefficient (Wildman–Crippen LogP) is 2.54. The second-order valence-corrected chi connectivity index (χ2v) is 5.46. The zero-order valence-corrected chi connectivity index (χ0v) is 13.7. The van der Waals surface area contributed by atoms with Crippen LogP contribution in [0.4, 0.5) is 5.69 Å². The third-order valence-corrected chi connectivity index (χ3v) is 4.15. The first kappa shape index (κ1) is 18.4. The van der Waals surface area contributed by atoms with Crippen molar-refractivity contribution in [2.24, 2.45) is 0 Å². The van der Waals surface area contributed by atoms with Crippen molar-refractivity contribution < 1.29 is 9.72 Å². The third kappa shape index (κ3) is 3.96. The predicted molar refractivity (Wildman–Crippen MR) is 87.7 cm³/mol. The number of nitrogens with one attached hydrogen (secondary N) is 1. The molecule has 0 spiro atoms. The van der Waals surface area contributed by atoms with Crippen LogP contribution in [-0.4, -0.2) is 41.9 Å². The van der Waals surface area contributed by atoms with Crippen LogP contribution in [0.25, 0.3) is 0 Å². The molecule has 1 atom stereocenters. The maximum Gasteiger partial charge on any atom is 0.273 e. The highest BCUT2D eigenvalue weighted by molar-refractivity contribution is 5.96. The molecule has 6 nitrogen and oxygen atoms in total. The number of hydrogen-bond acceptors (Lipinski definition) is 4. The third-order valence-electron chi connectivity index (χ3n) is 4.15. The average molecular weight is 328 g/mol. The standard InChI is InChI=1S/C15H21N3O3.ClH/c1-11-13(6-3-7-14(11)18(20)21)15(19)17(2)12-5-4-9-16-10-8-12;/h3,6-7,12,16H,4-5,8-10H2,1-2H3;1H. The van der Waals surface area contributed by atoms with Crippen molar-refractivity contribution in [2.75, 3.05) is 20.1 Å². The number of nitro groups is 1. The van der Waals surface area contributed by atoms with Crippen molar-refractivity contribution in [3.05, 3.63) is 39.4 Å². The van der Waals surface area contributed by atoms with E-state index >= 15 is 0 Å². The van der Waals surface area contributed by atoms with Crippen LogP contribution in [0.1, 0.15) is 35.2 Å². The largest absolute Gasteiger partial charge is 0.339 e. The fraction of sp³-hybridized carbons (Fsp3) is 0.533. The maximum atomic E-state index is 12.6. The van der Waals surface area contributed by atoms with E-state index in [0.717, 1.165) is 32.4 Å². The molecule has 0 bridgehead atoms. The van der Waals surface area contributed by atoms with Crippen molar-refractivity contribution in [3.63, 3.8) is 0 Å². The lowest BCUT2D eigenvalue weighted by molar-refractivity contribution is -0.385. The molecule has 0 saturated carbocycles. The monoisotopic (exact) mass is 327 g/mol. The summed E-state index contributed by atoms with van der Waals surface area (Å²) < 4.78 is 0. The molecule has 1 amide bonds. The summed E-state index contributed by atoms with van der Waals surface area (Å²) in [5, 5.41) is 14.3. The smallest absolute Gasteiger partial charge is 0.273 e. The fourth-order valence-corrected chi connectivity index (χ4v) is 2.80. The van der Waals surface area contributed by atoms with E-state index in [2.05, 4.69) is 5.32 Å². The SMILES string of the molecule is Cc1c(C(=O)N(C)C2CCCNCC2)cccc1[N+](=O)[O-].Cl. The Bertz CT molecular complexity index is 543. The van der Waals surface area contributed by atoms with Gasteiger partial charge >= 0.3 is 0 Å². The minimum Gasteiger partial charge on any atom is -0.339 e. The topological polar surface area (TPSA) is 75.5 Å². The normalized spacial score (nSPS) is 18.0. The average Bonchev–Trinajstić information content (AvgIpc) is 2.74. The van der Waals surface area contributed by atoms with Gasteiger partial charge in [0, 0.05) is 30.3 Å². The number of benzene rings is 1. The van der Waals surface area contributed by atoms with Crippen LogP contribution in [0.2, 0.25) is 0 Å². The van der Waals surface area contributed by atoms with Crippen LogP contribution in [0.5, 0.6) is 0 Å². The number of hydrogen-bond donors (Lipinski definition) is 1. The molecule has 1 unspecified atom stereocenters. The number of nitrogens with zero attached hydrogens (tertiary/aromatic N) is 2. The lowest BCUT2D eigenvalue weighted by Gasteiger charge is -2.27. The van der Waals surface area contributed by atoms with Gasteiger partial charge in [0.05, 0.1) is 4.92 Å². The quantitative estimate of drug-likeness (QED) is 0.683. The number of halogens is 1. The van der Waals surface area contributed by atoms with Gasteiger partial charge in [-0.05, 0) is 45.3 Å². The lowest BCUT2D eigenvalue weighted by atomic mass is 10.0. The molecule has 1 heterocycles. The number of carbonyl (C=O) groups excluding carboxylic acids is 1. The summed E-state index contributed by atoms with van der Waals surface area (Å²) in [6, 6.07) is 4.85. The van der Waals surface area contributed by atoms with Gasteiger partial charge < -0.3 is 10.2 Å². The summed E-state index contributed by atoms with van der Waals surface area (Å²) in [6.45, 7) is 3.51. The van der Waals surface area contributed by atoms with Gasteiger partial charge in [0.2, 0.25) is 0 Å². The van der Waals surface area contributed by atoms with Crippen LogP contribution < -0.4 is 5.32 Å². The number of rotatable bonds is 3. The second-order valence-electron chi connectivity index (χ2n) is 5.46. The van der Waals surface area contributed by atoms with Crippen LogP contribution in [0, 0.1) is 17.0 Å². The lowest BCUT2D eigenvalue weighted by Crippen LogP contribution is -2.38. The van der Waals surface area contributed by atoms with E-state index in [1.54, 1.807) is 31.0 Å². The maximum absolute atomic E-state index is 12.6. The van der Waals surface area contributed by atoms with E-state index in [1.165, 1.54) is 6.07 Å². The fourth-order valence-electron chi connectivity index (χ4n) is 2.80. The van der Waals surface area contributed by atoms with Gasteiger partial charge in [0.1, 0.15) is 0 Å². The van der Waals surface area contributed by atoms with Gasteiger partial charge in [-0.15, -0.1) is 12.4 Å². The Labute approximate surface area is 136 Å². The molecule has 0 aromatic heterocycles. The molecular formula is C15H22ClN3O3. The Balaban J connectivity index is 0.00000242. The van der Waals surface area contributed by atoms with Crippen molar-refractivity contribution >= 4 is 24.0 Å². The van der Waals surface area contributed by atoms with Gasteiger partial charge in [-0.25, -0.2) is 0 Å². The van der Waals surface area contributed by atoms with E-state index in [4.69, 9.17) is 0 Å². The molecule has 1 aliphatic heterocycles. The Morgan fingerprint density at radius 2 is 2.09 bits per heavy atom. The van der Waals surface area contributed by atoms with Crippen molar-refractivity contribution in [1.82, 2.24) is 10.2 Å². The van der Waals surface area contributed by atoms with Gasteiger partial charge in [-0.3, -0.25) is 14.9 Å². The summed E-state index contributed by atoms with van der Waals surface area (Å²) in [7, 11) is 1.79. The second kappa shape index (κ2) is 8.10. The first-order chi connectivity index (χ1) is 10.0. The van der Waals surface area contributed by atoms with Gasteiger partial charge in [0.25, 0.3) is 11.6 Å². The van der Waals surface area contributed by atoms with Gasteiger partial charge in [-0.2, -0.15) is 0 Å². The van der Waals surface area contributed by atoms with Crippen molar-refractivity contribution in [3.8, 4) is 0 Å². The summed E-state index contributed by atoms with van der Waals surface area (Å²) in [4.78, 5) is 24.9. The minimum atomic E-state index is -0.443. The molecule has 1 aliphatic rings. The molecular weight excluding hydrogens is 306 g/mol. The molecule has 1 N–H and O–H groups in total. The van der Waals surface area contributed by atoms with E-state index in [9.17, 15) is 14.9 Å². The summed E-state index contributed by atoms with van der Waals surface area (Å²) >= 11 is 0. The highest BCUT2D eigenvalue weighted by Gasteiger charge is 2.25. The Morgan fingerprint density at radius 3 is 2.77 bits per heavy atom.